The first-order valence-corrected chi connectivity index (χ1v) is 40.3. The second-order valence-electron chi connectivity index (χ2n) is 29.4. The molecule has 8 aromatic carbocycles. The first-order chi connectivity index (χ1) is 51.7. The van der Waals surface area contributed by atoms with E-state index >= 15 is 0 Å². The van der Waals surface area contributed by atoms with E-state index in [1.807, 2.05) is 48.5 Å². The van der Waals surface area contributed by atoms with Crippen molar-refractivity contribution in [2.24, 2.45) is 40.9 Å². The summed E-state index contributed by atoms with van der Waals surface area (Å²) in [6.07, 6.45) is 3.17. The van der Waals surface area contributed by atoms with Gasteiger partial charge < -0.3 is 37.9 Å². The van der Waals surface area contributed by atoms with Crippen LogP contribution in [0.3, 0.4) is 0 Å². The lowest BCUT2D eigenvalue weighted by molar-refractivity contribution is -0.355. The summed E-state index contributed by atoms with van der Waals surface area (Å²) < 4.78 is 208. The van der Waals surface area contributed by atoms with Crippen molar-refractivity contribution < 1.29 is 100 Å². The van der Waals surface area contributed by atoms with Gasteiger partial charge in [0, 0.05) is 44.7 Å². The zero-order valence-electron chi connectivity index (χ0n) is 59.0. The van der Waals surface area contributed by atoms with Gasteiger partial charge in [-0.25, -0.2) is 13.6 Å². The average Bonchev–Trinajstić information content (AvgIpc) is 1.48. The molecule has 8 aliphatic carbocycles. The van der Waals surface area contributed by atoms with E-state index < -0.39 is 127 Å². The van der Waals surface area contributed by atoms with Crippen LogP contribution in [0.1, 0.15) is 78.1 Å². The Balaban J connectivity index is 0.000000128. The fraction of sp³-hybridized carbons (Fsp3) is 0.398. The minimum absolute atomic E-state index is 0.0166. The summed E-state index contributed by atoms with van der Waals surface area (Å²) in [6.45, 7) is -5.82. The van der Waals surface area contributed by atoms with Crippen LogP contribution in [0.5, 0.6) is 23.0 Å². The van der Waals surface area contributed by atoms with Crippen molar-refractivity contribution in [1.82, 2.24) is 0 Å². The highest BCUT2D eigenvalue weighted by Gasteiger charge is 2.72. The van der Waals surface area contributed by atoms with Crippen LogP contribution in [0.25, 0.3) is 0 Å². The van der Waals surface area contributed by atoms with Gasteiger partial charge in [-0.1, -0.05) is 72.8 Å². The Hall–Kier alpha value is -6.54. The topological polar surface area (TPSA) is 108 Å². The van der Waals surface area contributed by atoms with Crippen LogP contribution >= 0.6 is 45.2 Å². The van der Waals surface area contributed by atoms with Gasteiger partial charge in [-0.15, -0.1) is 0 Å². The maximum Gasteiger partial charge on any atom is 0.377 e. The average molecular weight is 1780 g/mol. The molecule has 8 saturated carbocycles. The molecule has 2 aliphatic heterocycles. The molecule has 578 valence electrons. The highest BCUT2D eigenvalue weighted by atomic mass is 127. The number of carbonyl (C=O) groups excluding carboxylic acids is 2. The van der Waals surface area contributed by atoms with E-state index in [9.17, 15) is 62.3 Å². The van der Waals surface area contributed by atoms with Crippen molar-refractivity contribution >= 4 is 78.9 Å². The Bertz CT molecular complexity index is 4080. The first kappa shape index (κ1) is 80.5. The molecule has 8 bridgehead atoms. The van der Waals surface area contributed by atoms with E-state index in [4.69, 9.17) is 37.9 Å². The fourth-order valence-electron chi connectivity index (χ4n) is 16.7. The van der Waals surface area contributed by atoms with Gasteiger partial charge in [0.05, 0.1) is 27.2 Å². The van der Waals surface area contributed by atoms with E-state index in [2.05, 4.69) is 215 Å². The molecular formula is C83H78F12I2O10S2+2. The smallest absolute Gasteiger partial charge is 0.377 e. The standard InChI is InChI=1S/2C24H18IOS.C18H22F6O4.C17H20F6O4/c2*25-19-11-13-20(14-12-19)26-21-15-17-24(18-16-21)27(22-7-3-1-4-8-22)23-9-5-2-6-10-23;1-14(19,20)7-26-13(25)15-4-10-2-11(5-15)18(12(3-10)6-15)27-8-16(21,22)17(23,24)9-28-18;1-13(18,19)12(24)27-14-4-9-2-10(5-14)17(11(3-9)6-14)25-7-15(20,21)16(22,23)8-26-17/h2*1-18H;10-12H,2-9H2,1H3;9-11H,2-8H2,1H3/q2*+1;;. The number of alkyl halides is 12. The number of ether oxygens (including phenoxy) is 8. The van der Waals surface area contributed by atoms with E-state index in [1.54, 1.807) is 0 Å². The number of esters is 2. The molecule has 18 rings (SSSR count). The SMILES string of the molecule is CC(F)(F)C(=O)OC12CC3CC(C1)C1(OCC(F)(F)C(F)(F)CO1)C(C3)C2.CC(F)(F)COC(=O)C12CC3CC(C1)C1(OCC(F)(F)C(F)(F)CO1)C(C3)C2.Ic1ccc(Oc2ccc([S+](c3ccccc3)c3ccccc3)cc2)cc1.Ic1ccc(Oc2ccc([S+](c3ccccc3)c3ccccc3)cc2)cc1. The van der Waals surface area contributed by atoms with Gasteiger partial charge in [0.25, 0.3) is 5.92 Å². The number of carbonyl (C=O) groups is 2. The Morgan fingerprint density at radius 2 is 0.688 bits per heavy atom. The Kier molecular flexibility index (Phi) is 23.7. The van der Waals surface area contributed by atoms with E-state index in [-0.39, 0.29) is 59.3 Å². The lowest BCUT2D eigenvalue weighted by Crippen LogP contribution is -2.66. The molecule has 8 aromatic rings. The second kappa shape index (κ2) is 32.2. The molecule has 0 radical (unpaired) electrons. The molecule has 4 unspecified atom stereocenters. The zero-order valence-corrected chi connectivity index (χ0v) is 65.0. The first-order valence-electron chi connectivity index (χ1n) is 35.7. The summed E-state index contributed by atoms with van der Waals surface area (Å²) in [5.74, 6) is -28.6. The van der Waals surface area contributed by atoms with Crippen LogP contribution in [0.2, 0.25) is 0 Å². The molecule has 10 nitrogen and oxygen atoms in total. The van der Waals surface area contributed by atoms with Crippen LogP contribution in [0, 0.1) is 48.1 Å². The summed E-state index contributed by atoms with van der Waals surface area (Å²) >= 11 is 4.59. The van der Waals surface area contributed by atoms with Crippen molar-refractivity contribution in [2.75, 3.05) is 33.0 Å². The molecular weight excluding hydrogens is 1700 g/mol. The van der Waals surface area contributed by atoms with Gasteiger partial charge in [0.2, 0.25) is 0 Å². The fourth-order valence-corrected chi connectivity index (χ4v) is 21.5. The summed E-state index contributed by atoms with van der Waals surface area (Å²) in [5, 5.41) is 0. The van der Waals surface area contributed by atoms with Crippen molar-refractivity contribution in [3.63, 3.8) is 0 Å². The number of halogens is 14. The third-order valence-electron chi connectivity index (χ3n) is 21.3. The van der Waals surface area contributed by atoms with Crippen molar-refractivity contribution in [3.05, 3.63) is 226 Å². The van der Waals surface area contributed by atoms with Gasteiger partial charge in [0.1, 0.15) is 55.0 Å². The summed E-state index contributed by atoms with van der Waals surface area (Å²) in [6, 6.07) is 75.8. The van der Waals surface area contributed by atoms with Gasteiger partial charge in [-0.3, -0.25) is 4.79 Å². The lowest BCUT2D eigenvalue weighted by Gasteiger charge is -2.63. The van der Waals surface area contributed by atoms with E-state index in [1.165, 1.54) is 36.5 Å². The number of rotatable bonds is 15. The molecule has 10 aliphatic rings. The monoisotopic (exact) mass is 1780 g/mol. The van der Waals surface area contributed by atoms with Crippen LogP contribution in [0.15, 0.2) is 248 Å². The summed E-state index contributed by atoms with van der Waals surface area (Å²) in [7, 11) is -0.258. The largest absolute Gasteiger partial charge is 0.459 e. The molecule has 0 N–H and O–H groups in total. The predicted octanol–water partition coefficient (Wildman–Crippen LogP) is 22.2. The Morgan fingerprint density at radius 3 is 0.991 bits per heavy atom. The maximum atomic E-state index is 13.8. The van der Waals surface area contributed by atoms with Gasteiger partial charge in [-0.05, 0) is 267 Å². The summed E-state index contributed by atoms with van der Waals surface area (Å²) in [4.78, 5) is 32.1. The van der Waals surface area contributed by atoms with Gasteiger partial charge in [0.15, 0.2) is 47.6 Å². The van der Waals surface area contributed by atoms with Gasteiger partial charge in [-0.2, -0.15) is 43.9 Å². The van der Waals surface area contributed by atoms with E-state index in [0.29, 0.717) is 52.4 Å². The molecule has 109 heavy (non-hydrogen) atoms. The maximum absolute atomic E-state index is 13.8. The van der Waals surface area contributed by atoms with Crippen molar-refractivity contribution in [1.29, 1.82) is 0 Å². The minimum Gasteiger partial charge on any atom is -0.459 e. The quantitative estimate of drug-likeness (QED) is 0.0426. The second-order valence-corrected chi connectivity index (χ2v) is 36.0. The highest BCUT2D eigenvalue weighted by molar-refractivity contribution is 14.1. The normalized spacial score (nSPS) is 25.9. The van der Waals surface area contributed by atoms with Crippen LogP contribution in [0.4, 0.5) is 52.7 Å². The molecule has 10 fully saturated rings. The van der Waals surface area contributed by atoms with Gasteiger partial charge >= 0.3 is 41.6 Å². The number of hydrogen-bond acceptors (Lipinski definition) is 10. The Morgan fingerprint density at radius 1 is 0.404 bits per heavy atom. The molecule has 2 heterocycles. The van der Waals surface area contributed by atoms with Crippen molar-refractivity contribution in [3.8, 4) is 23.0 Å². The number of benzene rings is 8. The molecule has 26 heteroatoms. The Labute approximate surface area is 656 Å². The highest BCUT2D eigenvalue weighted by Crippen LogP contribution is 2.67. The third kappa shape index (κ3) is 18.0. The molecule has 2 spiro atoms. The van der Waals surface area contributed by atoms with Crippen LogP contribution < -0.4 is 9.47 Å². The van der Waals surface area contributed by atoms with Crippen LogP contribution in [-0.2, 0) is 59.8 Å². The third-order valence-corrected chi connectivity index (χ3v) is 27.2. The number of hydrogen-bond donors (Lipinski definition) is 0. The van der Waals surface area contributed by atoms with Crippen molar-refractivity contribution in [2.45, 2.75) is 160 Å². The molecule has 4 atom stereocenters. The van der Waals surface area contributed by atoms with E-state index in [0.717, 1.165) is 23.0 Å². The van der Waals surface area contributed by atoms with Crippen LogP contribution in [-0.4, -0.2) is 97.7 Å². The summed E-state index contributed by atoms with van der Waals surface area (Å²) in [5.41, 5.74) is -2.17. The predicted molar refractivity (Wildman–Crippen MR) is 401 cm³/mol. The zero-order chi connectivity index (χ0) is 77.4. The molecule has 0 amide bonds. The minimum atomic E-state index is -4.36. The lowest BCUT2D eigenvalue weighted by atomic mass is 9.47. The molecule has 2 saturated heterocycles. The molecule has 0 aromatic heterocycles.